The molecule has 0 N–H and O–H groups in total. The highest BCUT2D eigenvalue weighted by Gasteiger charge is 2.01. The maximum atomic E-state index is 11.2. The van der Waals surface area contributed by atoms with Crippen LogP contribution in [0.3, 0.4) is 0 Å². The van der Waals surface area contributed by atoms with Crippen LogP contribution in [0.1, 0.15) is 26.2 Å². The van der Waals surface area contributed by atoms with Gasteiger partial charge in [0, 0.05) is 11.5 Å². The number of hydrogen-bond donors (Lipinski definition) is 0. The van der Waals surface area contributed by atoms with Gasteiger partial charge in [0.05, 0.1) is 52.7 Å². The Morgan fingerprint density at radius 1 is 1.00 bits per heavy atom. The smallest absolute Gasteiger partial charge is 0.308 e. The lowest BCUT2D eigenvalue weighted by Crippen LogP contribution is -2.13. The van der Waals surface area contributed by atoms with Crippen LogP contribution < -0.4 is 0 Å². The van der Waals surface area contributed by atoms with Crippen LogP contribution in [0, 0.1) is 0 Å². The van der Waals surface area contributed by atoms with Gasteiger partial charge < -0.3 is 18.9 Å². The first-order valence-corrected chi connectivity index (χ1v) is 7.21. The standard InChI is InChI=1S/C13H25N3O5/c1-2-3-6-21-13(17)4-7-18-9-11-20-12-10-19-8-5-15-16-14/h2-12H2,1H3. The molecule has 0 bridgehead atoms. The SMILES string of the molecule is CCCCOC(=O)CCOCCOCCOCCN=[N+]=[N-]. The first-order chi connectivity index (χ1) is 10.3. The van der Waals surface area contributed by atoms with E-state index in [-0.39, 0.29) is 12.4 Å². The first-order valence-electron chi connectivity index (χ1n) is 7.21. The number of carbonyl (C=O) groups excluding carboxylic acids is 1. The number of esters is 1. The third-order valence-corrected chi connectivity index (χ3v) is 2.35. The molecule has 0 fully saturated rings. The highest BCUT2D eigenvalue weighted by Crippen LogP contribution is 1.93. The topological polar surface area (TPSA) is 103 Å². The summed E-state index contributed by atoms with van der Waals surface area (Å²) in [7, 11) is 0. The first kappa shape index (κ1) is 19.7. The maximum absolute atomic E-state index is 11.2. The van der Waals surface area contributed by atoms with E-state index in [9.17, 15) is 4.79 Å². The van der Waals surface area contributed by atoms with Crippen LogP contribution in [0.4, 0.5) is 0 Å². The summed E-state index contributed by atoms with van der Waals surface area (Å²) in [5.41, 5.74) is 8.03. The number of nitrogens with zero attached hydrogens (tertiary/aromatic N) is 3. The molecule has 0 radical (unpaired) electrons. The van der Waals surface area contributed by atoms with E-state index in [0.29, 0.717) is 52.8 Å². The molecule has 8 nitrogen and oxygen atoms in total. The van der Waals surface area contributed by atoms with E-state index in [2.05, 4.69) is 10.0 Å². The van der Waals surface area contributed by atoms with E-state index in [1.807, 2.05) is 6.92 Å². The second-order valence-electron chi connectivity index (χ2n) is 4.12. The number of unbranched alkanes of at least 4 members (excludes halogenated alkanes) is 1. The molecule has 0 atom stereocenters. The fourth-order valence-electron chi connectivity index (χ4n) is 1.25. The van der Waals surface area contributed by atoms with Crippen LogP contribution in [0.2, 0.25) is 0 Å². The molecular weight excluding hydrogens is 278 g/mol. The van der Waals surface area contributed by atoms with Gasteiger partial charge in [-0.15, -0.1) is 0 Å². The second-order valence-corrected chi connectivity index (χ2v) is 4.12. The average Bonchev–Trinajstić information content (AvgIpc) is 2.48. The second kappa shape index (κ2) is 16.7. The summed E-state index contributed by atoms with van der Waals surface area (Å²) in [6, 6.07) is 0. The summed E-state index contributed by atoms with van der Waals surface area (Å²) in [5.74, 6) is -0.224. The van der Waals surface area contributed by atoms with Gasteiger partial charge in [0.2, 0.25) is 0 Å². The minimum atomic E-state index is -0.224. The minimum absolute atomic E-state index is 0.224. The lowest BCUT2D eigenvalue weighted by molar-refractivity contribution is -0.145. The third-order valence-electron chi connectivity index (χ3n) is 2.35. The summed E-state index contributed by atoms with van der Waals surface area (Å²) in [6.07, 6.45) is 2.17. The number of rotatable bonds is 15. The average molecular weight is 303 g/mol. The lowest BCUT2D eigenvalue weighted by Gasteiger charge is -2.06. The van der Waals surface area contributed by atoms with Crippen molar-refractivity contribution in [3.8, 4) is 0 Å². The van der Waals surface area contributed by atoms with Crippen LogP contribution in [-0.4, -0.2) is 58.8 Å². The molecule has 0 aliphatic rings. The quantitative estimate of drug-likeness (QED) is 0.151. The Morgan fingerprint density at radius 2 is 1.62 bits per heavy atom. The zero-order valence-electron chi connectivity index (χ0n) is 12.7. The van der Waals surface area contributed by atoms with Crippen LogP contribution in [-0.2, 0) is 23.7 Å². The molecule has 0 aromatic rings. The molecule has 0 spiro atoms. The molecule has 0 unspecified atom stereocenters. The van der Waals surface area contributed by atoms with E-state index in [4.69, 9.17) is 24.5 Å². The van der Waals surface area contributed by atoms with Crippen molar-refractivity contribution >= 4 is 5.97 Å². The molecule has 0 aliphatic carbocycles. The Hall–Kier alpha value is -1.34. The fourth-order valence-corrected chi connectivity index (χ4v) is 1.25. The van der Waals surface area contributed by atoms with E-state index in [1.165, 1.54) is 0 Å². The van der Waals surface area contributed by atoms with Gasteiger partial charge in [0.15, 0.2) is 0 Å². The van der Waals surface area contributed by atoms with Crippen LogP contribution in [0.25, 0.3) is 10.4 Å². The Bertz CT molecular complexity index is 296. The summed E-state index contributed by atoms with van der Waals surface area (Å²) in [5, 5.41) is 3.33. The lowest BCUT2D eigenvalue weighted by atomic mass is 10.4. The molecule has 0 aromatic heterocycles. The third kappa shape index (κ3) is 16.6. The predicted octanol–water partition coefficient (Wildman–Crippen LogP) is 2.08. The van der Waals surface area contributed by atoms with Gasteiger partial charge >= 0.3 is 5.97 Å². The Balaban J connectivity index is 3.11. The fraction of sp³-hybridized carbons (Fsp3) is 0.923. The zero-order valence-corrected chi connectivity index (χ0v) is 12.7. The van der Waals surface area contributed by atoms with Crippen molar-refractivity contribution in [1.29, 1.82) is 0 Å². The van der Waals surface area contributed by atoms with Gasteiger partial charge in [-0.3, -0.25) is 4.79 Å². The molecule has 0 heterocycles. The van der Waals surface area contributed by atoms with Crippen LogP contribution in [0.5, 0.6) is 0 Å². The molecule has 0 aromatic carbocycles. The summed E-state index contributed by atoms with van der Waals surface area (Å²) in [6.45, 7) is 5.38. The van der Waals surface area contributed by atoms with Crippen molar-refractivity contribution in [1.82, 2.24) is 0 Å². The number of carbonyl (C=O) groups is 1. The van der Waals surface area contributed by atoms with Crippen molar-refractivity contribution in [3.63, 3.8) is 0 Å². The van der Waals surface area contributed by atoms with Gasteiger partial charge in [-0.2, -0.15) is 0 Å². The van der Waals surface area contributed by atoms with Gasteiger partial charge in [-0.25, -0.2) is 0 Å². The number of hydrogen-bond acceptors (Lipinski definition) is 6. The van der Waals surface area contributed by atoms with Gasteiger partial charge in [0.25, 0.3) is 0 Å². The Labute approximate surface area is 125 Å². The van der Waals surface area contributed by atoms with Crippen molar-refractivity contribution in [2.45, 2.75) is 26.2 Å². The van der Waals surface area contributed by atoms with Gasteiger partial charge in [-0.05, 0) is 12.0 Å². The van der Waals surface area contributed by atoms with Crippen LogP contribution >= 0.6 is 0 Å². The highest BCUT2D eigenvalue weighted by atomic mass is 16.5. The summed E-state index contributed by atoms with van der Waals surface area (Å²) in [4.78, 5) is 13.8. The van der Waals surface area contributed by atoms with Crippen LogP contribution in [0.15, 0.2) is 5.11 Å². The van der Waals surface area contributed by atoms with Crippen molar-refractivity contribution < 1.29 is 23.7 Å². The molecule has 0 saturated carbocycles. The Kier molecular flexibility index (Phi) is 15.6. The molecule has 0 saturated heterocycles. The molecule has 0 rings (SSSR count). The number of azide groups is 1. The van der Waals surface area contributed by atoms with Crippen molar-refractivity contribution in [2.24, 2.45) is 5.11 Å². The minimum Gasteiger partial charge on any atom is -0.466 e. The van der Waals surface area contributed by atoms with Crippen molar-refractivity contribution in [2.75, 3.05) is 52.8 Å². The van der Waals surface area contributed by atoms with Gasteiger partial charge in [-0.1, -0.05) is 18.5 Å². The molecule has 0 aliphatic heterocycles. The molecular formula is C13H25N3O5. The van der Waals surface area contributed by atoms with E-state index >= 15 is 0 Å². The van der Waals surface area contributed by atoms with E-state index < -0.39 is 0 Å². The molecule has 122 valence electrons. The van der Waals surface area contributed by atoms with E-state index in [1.54, 1.807) is 0 Å². The van der Waals surface area contributed by atoms with E-state index in [0.717, 1.165) is 12.8 Å². The molecule has 21 heavy (non-hydrogen) atoms. The molecule has 8 heteroatoms. The normalized spacial score (nSPS) is 10.1. The predicted molar refractivity (Wildman–Crippen MR) is 77.0 cm³/mol. The monoisotopic (exact) mass is 303 g/mol. The Morgan fingerprint density at radius 3 is 2.24 bits per heavy atom. The number of ether oxygens (including phenoxy) is 4. The molecule has 0 amide bonds. The van der Waals surface area contributed by atoms with Gasteiger partial charge in [0.1, 0.15) is 0 Å². The zero-order chi connectivity index (χ0) is 15.6. The summed E-state index contributed by atoms with van der Waals surface area (Å²) >= 11 is 0. The van der Waals surface area contributed by atoms with Crippen molar-refractivity contribution in [3.05, 3.63) is 10.4 Å². The maximum Gasteiger partial charge on any atom is 0.308 e. The highest BCUT2D eigenvalue weighted by molar-refractivity contribution is 5.69. The largest absolute Gasteiger partial charge is 0.466 e. The summed E-state index contributed by atoms with van der Waals surface area (Å²) < 4.78 is 20.6.